The van der Waals surface area contributed by atoms with Crippen molar-refractivity contribution < 1.29 is 24.2 Å². The van der Waals surface area contributed by atoms with E-state index in [1.165, 1.54) is 7.11 Å². The van der Waals surface area contributed by atoms with E-state index in [2.05, 4.69) is 17.2 Å². The highest BCUT2D eigenvalue weighted by atomic mass is 16.5. The van der Waals surface area contributed by atoms with Crippen LogP contribution in [0.25, 0.3) is 0 Å². The third-order valence-electron chi connectivity index (χ3n) is 4.77. The van der Waals surface area contributed by atoms with Crippen molar-refractivity contribution >= 4 is 17.8 Å². The molecule has 7 nitrogen and oxygen atoms in total. The minimum absolute atomic E-state index is 0.337. The van der Waals surface area contributed by atoms with Crippen molar-refractivity contribution in [1.82, 2.24) is 10.6 Å². The van der Waals surface area contributed by atoms with E-state index >= 15 is 0 Å². The maximum Gasteiger partial charge on any atom is 0.328 e. The fourth-order valence-corrected chi connectivity index (χ4v) is 3.09. The van der Waals surface area contributed by atoms with Crippen LogP contribution >= 0.6 is 0 Å². The summed E-state index contributed by atoms with van der Waals surface area (Å²) in [6.45, 7) is 3.64. The van der Waals surface area contributed by atoms with Crippen LogP contribution in [0.5, 0.6) is 0 Å². The lowest BCUT2D eigenvalue weighted by Gasteiger charge is -2.26. The van der Waals surface area contributed by atoms with E-state index < -0.39 is 36.0 Å². The Morgan fingerprint density at radius 3 is 2.23 bits per heavy atom. The van der Waals surface area contributed by atoms with Gasteiger partial charge < -0.3 is 20.5 Å². The van der Waals surface area contributed by atoms with Crippen molar-refractivity contribution in [2.75, 3.05) is 7.11 Å². The maximum absolute atomic E-state index is 12.8. The number of allylic oxidation sites excluding steroid dienone is 1. The molecule has 3 N–H and O–H groups in total. The molecule has 0 aliphatic rings. The largest absolute Gasteiger partial charge is 0.467 e. The van der Waals surface area contributed by atoms with Gasteiger partial charge in [0.1, 0.15) is 6.04 Å². The second-order valence-electron chi connectivity index (χ2n) is 6.98. The SMILES string of the molecule is C=CCCC[C@H](NC(=O)[C@H](O)[C@@H](NC(=O)c1ccccc1)c1ccccc1)C(=O)OC. The van der Waals surface area contributed by atoms with Crippen molar-refractivity contribution in [2.45, 2.75) is 37.5 Å². The number of methoxy groups -OCH3 is 1. The number of aliphatic hydroxyl groups excluding tert-OH is 1. The Hall–Kier alpha value is -3.45. The molecule has 7 heteroatoms. The third-order valence-corrected chi connectivity index (χ3v) is 4.77. The van der Waals surface area contributed by atoms with Gasteiger partial charge in [-0.2, -0.15) is 0 Å². The summed E-state index contributed by atoms with van der Waals surface area (Å²) < 4.78 is 4.76. The molecule has 0 aliphatic carbocycles. The van der Waals surface area contributed by atoms with Gasteiger partial charge >= 0.3 is 5.97 Å². The van der Waals surface area contributed by atoms with E-state index in [1.807, 2.05) is 0 Å². The van der Waals surface area contributed by atoms with Gasteiger partial charge in [-0.3, -0.25) is 9.59 Å². The molecule has 0 radical (unpaired) electrons. The summed E-state index contributed by atoms with van der Waals surface area (Å²) in [6, 6.07) is 15.3. The smallest absolute Gasteiger partial charge is 0.328 e. The van der Waals surface area contributed by atoms with Gasteiger partial charge in [0, 0.05) is 5.56 Å². The van der Waals surface area contributed by atoms with E-state index in [4.69, 9.17) is 4.74 Å². The Balaban J connectivity index is 2.19. The number of carbonyl (C=O) groups is 3. The first-order valence-electron chi connectivity index (χ1n) is 10.1. The minimum Gasteiger partial charge on any atom is -0.467 e. The standard InChI is InChI=1S/C24H28N2O5/c1-3-4-7-16-19(24(30)31-2)25-23(29)21(27)20(17-12-8-5-9-13-17)26-22(28)18-14-10-6-11-15-18/h3,5-6,8-15,19-21,27H,1,4,7,16H2,2H3,(H,25,29)(H,26,28)/t19-,20-,21+/m0/s1. The monoisotopic (exact) mass is 424 g/mol. The molecule has 2 amide bonds. The number of carbonyl (C=O) groups excluding carboxylic acids is 3. The number of rotatable bonds is 11. The molecular weight excluding hydrogens is 396 g/mol. The molecule has 31 heavy (non-hydrogen) atoms. The van der Waals surface area contributed by atoms with Crippen LogP contribution in [-0.4, -0.2) is 42.1 Å². The second kappa shape index (κ2) is 12.3. The van der Waals surface area contributed by atoms with E-state index in [1.54, 1.807) is 66.7 Å². The molecule has 3 atom stereocenters. The lowest BCUT2D eigenvalue weighted by molar-refractivity contribution is -0.146. The van der Waals surface area contributed by atoms with Gasteiger partial charge in [-0.25, -0.2) is 4.79 Å². The van der Waals surface area contributed by atoms with Gasteiger partial charge in [0.25, 0.3) is 11.8 Å². The van der Waals surface area contributed by atoms with E-state index in [9.17, 15) is 19.5 Å². The number of benzene rings is 2. The summed E-state index contributed by atoms with van der Waals surface area (Å²) in [5.41, 5.74) is 0.948. The van der Waals surface area contributed by atoms with Crippen LogP contribution in [0.4, 0.5) is 0 Å². The topological polar surface area (TPSA) is 105 Å². The number of hydrogen-bond acceptors (Lipinski definition) is 5. The van der Waals surface area contributed by atoms with E-state index in [0.717, 1.165) is 0 Å². The predicted molar refractivity (Wildman–Crippen MR) is 117 cm³/mol. The molecule has 164 valence electrons. The lowest BCUT2D eigenvalue weighted by Crippen LogP contribution is -2.50. The van der Waals surface area contributed by atoms with Gasteiger partial charge in [0.2, 0.25) is 0 Å². The third kappa shape index (κ3) is 7.08. The molecule has 2 rings (SSSR count). The zero-order valence-corrected chi connectivity index (χ0v) is 17.5. The van der Waals surface area contributed by atoms with Gasteiger partial charge in [-0.1, -0.05) is 54.6 Å². The molecule has 0 aromatic heterocycles. The molecule has 0 heterocycles. The number of unbranched alkanes of at least 4 members (excludes halogenated alkanes) is 1. The van der Waals surface area contributed by atoms with Gasteiger partial charge in [-0.05, 0) is 37.0 Å². The van der Waals surface area contributed by atoms with Crippen molar-refractivity contribution in [1.29, 1.82) is 0 Å². The Labute approximate surface area is 182 Å². The molecular formula is C24H28N2O5. The van der Waals surface area contributed by atoms with Crippen molar-refractivity contribution in [3.05, 3.63) is 84.4 Å². The minimum atomic E-state index is -1.62. The first-order chi connectivity index (χ1) is 15.0. The maximum atomic E-state index is 12.8. The first kappa shape index (κ1) is 23.8. The average molecular weight is 424 g/mol. The Bertz CT molecular complexity index is 870. The molecule has 0 spiro atoms. The van der Waals surface area contributed by atoms with Crippen LogP contribution in [0.3, 0.4) is 0 Å². The zero-order valence-electron chi connectivity index (χ0n) is 17.5. The van der Waals surface area contributed by atoms with E-state index in [0.29, 0.717) is 30.4 Å². The predicted octanol–water partition coefficient (Wildman–Crippen LogP) is 2.53. The van der Waals surface area contributed by atoms with Crippen LogP contribution in [0, 0.1) is 0 Å². The van der Waals surface area contributed by atoms with E-state index in [-0.39, 0.29) is 0 Å². The highest BCUT2D eigenvalue weighted by molar-refractivity contribution is 5.95. The number of ether oxygens (including phenoxy) is 1. The molecule has 2 aromatic carbocycles. The molecule has 0 fully saturated rings. The number of nitrogens with one attached hydrogen (secondary N) is 2. The van der Waals surface area contributed by atoms with Gasteiger partial charge in [-0.15, -0.1) is 6.58 Å². The summed E-state index contributed by atoms with van der Waals surface area (Å²) in [5.74, 6) is -1.82. The average Bonchev–Trinajstić information content (AvgIpc) is 2.81. The number of esters is 1. The van der Waals surface area contributed by atoms with Crippen LogP contribution < -0.4 is 10.6 Å². The molecule has 0 saturated carbocycles. The molecule has 2 aromatic rings. The first-order valence-corrected chi connectivity index (χ1v) is 10.1. The number of hydrogen-bond donors (Lipinski definition) is 3. The number of amides is 2. The Kier molecular flexibility index (Phi) is 9.45. The fraction of sp³-hybridized carbons (Fsp3) is 0.292. The molecule has 0 bridgehead atoms. The molecule has 0 aliphatic heterocycles. The second-order valence-corrected chi connectivity index (χ2v) is 6.98. The van der Waals surface area contributed by atoms with Crippen molar-refractivity contribution in [2.24, 2.45) is 0 Å². The van der Waals surface area contributed by atoms with Crippen LogP contribution in [0.2, 0.25) is 0 Å². The number of aliphatic hydroxyl groups is 1. The van der Waals surface area contributed by atoms with Crippen LogP contribution in [0.15, 0.2) is 73.3 Å². The zero-order chi connectivity index (χ0) is 22.6. The molecule has 0 unspecified atom stereocenters. The summed E-state index contributed by atoms with van der Waals surface area (Å²) >= 11 is 0. The van der Waals surface area contributed by atoms with Crippen molar-refractivity contribution in [3.8, 4) is 0 Å². The fourth-order valence-electron chi connectivity index (χ4n) is 3.09. The Morgan fingerprint density at radius 2 is 1.65 bits per heavy atom. The van der Waals surface area contributed by atoms with Gasteiger partial charge in [0.05, 0.1) is 13.2 Å². The summed E-state index contributed by atoms with van der Waals surface area (Å²) in [7, 11) is 1.23. The highest BCUT2D eigenvalue weighted by Gasteiger charge is 2.32. The van der Waals surface area contributed by atoms with Crippen LogP contribution in [0.1, 0.15) is 41.2 Å². The lowest BCUT2D eigenvalue weighted by atomic mass is 9.99. The molecule has 0 saturated heterocycles. The van der Waals surface area contributed by atoms with Gasteiger partial charge in [0.15, 0.2) is 6.10 Å². The summed E-state index contributed by atoms with van der Waals surface area (Å²) in [5, 5.41) is 16.1. The summed E-state index contributed by atoms with van der Waals surface area (Å²) in [4.78, 5) is 37.5. The Morgan fingerprint density at radius 1 is 1.03 bits per heavy atom. The van der Waals surface area contributed by atoms with Crippen molar-refractivity contribution in [3.63, 3.8) is 0 Å². The quantitative estimate of drug-likeness (QED) is 0.292. The normalized spacial score (nSPS) is 13.4. The van der Waals surface area contributed by atoms with Crippen LogP contribution in [-0.2, 0) is 14.3 Å². The summed E-state index contributed by atoms with van der Waals surface area (Å²) in [6.07, 6.45) is 1.72. The highest BCUT2D eigenvalue weighted by Crippen LogP contribution is 2.19.